The van der Waals surface area contributed by atoms with Crippen LogP contribution >= 0.6 is 0 Å². The molecule has 2 rings (SSSR count). The SMILES string of the molecule is CC1=CC(=O)CC(C)(C)[C@@]1(O)[C@H]1O[C@@H]1[C@H](C)O. The molecule has 1 aliphatic heterocycles. The van der Waals surface area contributed by atoms with Crippen molar-refractivity contribution >= 4 is 5.78 Å². The molecule has 2 aliphatic rings. The van der Waals surface area contributed by atoms with Crippen molar-refractivity contribution < 1.29 is 19.7 Å². The summed E-state index contributed by atoms with van der Waals surface area (Å²) >= 11 is 0. The predicted molar refractivity (Wildman–Crippen MR) is 62.5 cm³/mol. The van der Waals surface area contributed by atoms with Gasteiger partial charge in [-0.1, -0.05) is 13.8 Å². The Kier molecular flexibility index (Phi) is 2.73. The van der Waals surface area contributed by atoms with Gasteiger partial charge in [0.25, 0.3) is 0 Å². The van der Waals surface area contributed by atoms with Gasteiger partial charge in [0, 0.05) is 11.8 Å². The Hall–Kier alpha value is -0.710. The van der Waals surface area contributed by atoms with Crippen LogP contribution in [-0.4, -0.2) is 39.9 Å². The molecule has 0 bridgehead atoms. The molecule has 0 radical (unpaired) electrons. The minimum Gasteiger partial charge on any atom is -0.391 e. The normalized spacial score (nSPS) is 42.0. The van der Waals surface area contributed by atoms with Crippen LogP contribution in [0.3, 0.4) is 0 Å². The van der Waals surface area contributed by atoms with E-state index in [9.17, 15) is 15.0 Å². The van der Waals surface area contributed by atoms with Crippen molar-refractivity contribution in [2.24, 2.45) is 5.41 Å². The van der Waals surface area contributed by atoms with Gasteiger partial charge in [-0.25, -0.2) is 0 Å². The largest absolute Gasteiger partial charge is 0.391 e. The first-order chi connectivity index (χ1) is 7.70. The van der Waals surface area contributed by atoms with E-state index in [1.807, 2.05) is 13.8 Å². The molecule has 1 saturated heterocycles. The first-order valence-electron chi connectivity index (χ1n) is 5.97. The summed E-state index contributed by atoms with van der Waals surface area (Å²) in [7, 11) is 0. The zero-order chi connectivity index (χ0) is 13.0. The molecule has 0 amide bonds. The molecular formula is C13H20O4. The van der Waals surface area contributed by atoms with E-state index >= 15 is 0 Å². The molecule has 1 heterocycles. The van der Waals surface area contributed by atoms with Crippen molar-refractivity contribution in [2.75, 3.05) is 0 Å². The molecule has 1 fully saturated rings. The molecule has 0 unspecified atom stereocenters. The zero-order valence-corrected chi connectivity index (χ0v) is 10.7. The smallest absolute Gasteiger partial charge is 0.156 e. The standard InChI is InChI=1S/C13H20O4/c1-7-5-9(15)6-12(3,4)13(7,16)11-10(17-11)8(2)14/h5,8,10-11,14,16H,6H2,1-4H3/t8-,10+,11-,13-/m0/s1. The highest BCUT2D eigenvalue weighted by atomic mass is 16.6. The number of aliphatic hydroxyl groups is 2. The predicted octanol–water partition coefficient (Wildman–Crippen LogP) is 0.811. The third kappa shape index (κ3) is 1.75. The molecule has 96 valence electrons. The highest BCUT2D eigenvalue weighted by Crippen LogP contribution is 2.52. The maximum absolute atomic E-state index is 11.6. The molecule has 0 aromatic rings. The van der Waals surface area contributed by atoms with Crippen molar-refractivity contribution in [1.29, 1.82) is 0 Å². The minimum atomic E-state index is -1.16. The summed E-state index contributed by atoms with van der Waals surface area (Å²) in [6.45, 7) is 7.12. The molecule has 0 spiro atoms. The van der Waals surface area contributed by atoms with Crippen LogP contribution in [0.2, 0.25) is 0 Å². The number of allylic oxidation sites excluding steroid dienone is 1. The van der Waals surface area contributed by atoms with Crippen molar-refractivity contribution in [3.8, 4) is 0 Å². The van der Waals surface area contributed by atoms with E-state index in [-0.39, 0.29) is 11.9 Å². The molecule has 0 saturated carbocycles. The number of ketones is 1. The van der Waals surface area contributed by atoms with E-state index in [1.54, 1.807) is 13.8 Å². The van der Waals surface area contributed by atoms with Crippen LogP contribution in [0.5, 0.6) is 0 Å². The van der Waals surface area contributed by atoms with Crippen LogP contribution in [0.15, 0.2) is 11.6 Å². The van der Waals surface area contributed by atoms with Crippen LogP contribution in [0.25, 0.3) is 0 Å². The van der Waals surface area contributed by atoms with E-state index in [4.69, 9.17) is 4.74 Å². The van der Waals surface area contributed by atoms with Crippen LogP contribution in [0.4, 0.5) is 0 Å². The van der Waals surface area contributed by atoms with Crippen LogP contribution in [0.1, 0.15) is 34.1 Å². The Bertz CT molecular complexity index is 383. The quantitative estimate of drug-likeness (QED) is 0.701. The summed E-state index contributed by atoms with van der Waals surface area (Å²) in [5.41, 5.74) is -1.10. The highest BCUT2D eigenvalue weighted by Gasteiger charge is 2.64. The first kappa shape index (κ1) is 12.7. The lowest BCUT2D eigenvalue weighted by Crippen LogP contribution is -2.54. The summed E-state index contributed by atoms with van der Waals surface area (Å²) in [5, 5.41) is 20.4. The number of hydrogen-bond donors (Lipinski definition) is 2. The second kappa shape index (κ2) is 3.64. The van der Waals surface area contributed by atoms with Crippen molar-refractivity contribution in [3.63, 3.8) is 0 Å². The zero-order valence-electron chi connectivity index (χ0n) is 10.7. The van der Waals surface area contributed by atoms with E-state index in [1.165, 1.54) is 6.08 Å². The Balaban J connectivity index is 2.35. The fourth-order valence-electron chi connectivity index (χ4n) is 2.94. The molecule has 0 aromatic heterocycles. The summed E-state index contributed by atoms with van der Waals surface area (Å²) in [4.78, 5) is 11.6. The molecule has 4 nitrogen and oxygen atoms in total. The van der Waals surface area contributed by atoms with Gasteiger partial charge in [-0.15, -0.1) is 0 Å². The lowest BCUT2D eigenvalue weighted by atomic mass is 9.62. The fraction of sp³-hybridized carbons (Fsp3) is 0.769. The van der Waals surface area contributed by atoms with Gasteiger partial charge in [0.05, 0.1) is 6.10 Å². The van der Waals surface area contributed by atoms with Gasteiger partial charge in [0.1, 0.15) is 17.8 Å². The van der Waals surface area contributed by atoms with Gasteiger partial charge < -0.3 is 14.9 Å². The number of carbonyl (C=O) groups is 1. The highest BCUT2D eigenvalue weighted by molar-refractivity contribution is 5.92. The topological polar surface area (TPSA) is 70.1 Å². The van der Waals surface area contributed by atoms with E-state index < -0.39 is 23.2 Å². The summed E-state index contributed by atoms with van der Waals surface area (Å²) in [6.07, 6.45) is 0.433. The van der Waals surface area contributed by atoms with Crippen molar-refractivity contribution in [2.45, 2.75) is 58.0 Å². The maximum Gasteiger partial charge on any atom is 0.156 e. The average molecular weight is 240 g/mol. The second-order valence-electron chi connectivity index (χ2n) is 5.88. The van der Waals surface area contributed by atoms with Gasteiger partial charge in [-0.05, 0) is 25.5 Å². The van der Waals surface area contributed by atoms with E-state index in [0.717, 1.165) is 0 Å². The van der Waals surface area contributed by atoms with Crippen LogP contribution < -0.4 is 0 Å². The summed E-state index contributed by atoms with van der Waals surface area (Å²) in [5.74, 6) is 0.0337. The minimum absolute atomic E-state index is 0.0337. The third-order valence-corrected chi connectivity index (χ3v) is 4.04. The van der Waals surface area contributed by atoms with Gasteiger partial charge in [0.15, 0.2) is 5.78 Å². The van der Waals surface area contributed by atoms with E-state index in [0.29, 0.717) is 12.0 Å². The van der Waals surface area contributed by atoms with Crippen LogP contribution in [0, 0.1) is 5.41 Å². The number of aliphatic hydroxyl groups excluding tert-OH is 1. The van der Waals surface area contributed by atoms with Gasteiger partial charge >= 0.3 is 0 Å². The van der Waals surface area contributed by atoms with Gasteiger partial charge in [-0.3, -0.25) is 4.79 Å². The molecule has 17 heavy (non-hydrogen) atoms. The number of carbonyl (C=O) groups excluding carboxylic acids is 1. The lowest BCUT2D eigenvalue weighted by molar-refractivity contribution is -0.125. The van der Waals surface area contributed by atoms with Crippen molar-refractivity contribution in [3.05, 3.63) is 11.6 Å². The molecule has 2 N–H and O–H groups in total. The second-order valence-corrected chi connectivity index (χ2v) is 5.88. The Morgan fingerprint density at radius 2 is 2.12 bits per heavy atom. The summed E-state index contributed by atoms with van der Waals surface area (Å²) in [6, 6.07) is 0. The fourth-order valence-corrected chi connectivity index (χ4v) is 2.94. The average Bonchev–Trinajstić information content (AvgIpc) is 2.92. The van der Waals surface area contributed by atoms with Gasteiger partial charge in [-0.2, -0.15) is 0 Å². The maximum atomic E-state index is 11.6. The Morgan fingerprint density at radius 1 is 1.53 bits per heavy atom. The Morgan fingerprint density at radius 3 is 2.53 bits per heavy atom. The number of hydrogen-bond acceptors (Lipinski definition) is 4. The molecule has 1 aliphatic carbocycles. The molecular weight excluding hydrogens is 220 g/mol. The Labute approximate surface area is 101 Å². The van der Waals surface area contributed by atoms with Crippen molar-refractivity contribution in [1.82, 2.24) is 0 Å². The lowest BCUT2D eigenvalue weighted by Gasteiger charge is -2.45. The number of ether oxygens (including phenoxy) is 1. The number of epoxide rings is 1. The molecule has 0 aromatic carbocycles. The van der Waals surface area contributed by atoms with Crippen LogP contribution in [-0.2, 0) is 9.53 Å². The monoisotopic (exact) mass is 240 g/mol. The number of rotatable bonds is 2. The molecule has 4 heteroatoms. The first-order valence-corrected chi connectivity index (χ1v) is 5.97. The van der Waals surface area contributed by atoms with E-state index in [2.05, 4.69) is 0 Å². The summed E-state index contributed by atoms with van der Waals surface area (Å²) < 4.78 is 5.41. The van der Waals surface area contributed by atoms with Gasteiger partial charge in [0.2, 0.25) is 0 Å². The third-order valence-electron chi connectivity index (χ3n) is 4.04. The molecule has 4 atom stereocenters.